The van der Waals surface area contributed by atoms with Gasteiger partial charge in [-0.3, -0.25) is 19.7 Å². The molecule has 0 aliphatic carbocycles. The molecule has 1 saturated heterocycles. The Balaban J connectivity index is 1.37. The first-order chi connectivity index (χ1) is 15.8. The van der Waals surface area contributed by atoms with Gasteiger partial charge >= 0.3 is 0 Å². The summed E-state index contributed by atoms with van der Waals surface area (Å²) in [5, 5.41) is 11.0. The second kappa shape index (κ2) is 9.55. The molecular weight excluding hydrogens is 442 g/mol. The first kappa shape index (κ1) is 22.7. The average molecular weight is 468 g/mol. The van der Waals surface area contributed by atoms with E-state index in [1.165, 1.54) is 12.1 Å². The monoisotopic (exact) mass is 467 g/mol. The molecule has 1 aliphatic rings. The van der Waals surface area contributed by atoms with Crippen LogP contribution in [0.4, 0.5) is 17.2 Å². The molecule has 4 rings (SSSR count). The van der Waals surface area contributed by atoms with Gasteiger partial charge in [0.25, 0.3) is 15.7 Å². The maximum Gasteiger partial charge on any atom is 0.270 e. The van der Waals surface area contributed by atoms with Crippen LogP contribution in [0.15, 0.2) is 71.8 Å². The number of sulfonamides is 1. The average Bonchev–Trinajstić information content (AvgIpc) is 2.81. The summed E-state index contributed by atoms with van der Waals surface area (Å²) in [6, 6.07) is 16.9. The standard InChI is InChI=1S/C23H25N5O4S/c1-18-5-10-21(28(29)30)16-22(18)33(31,32)25-20-8-6-19(7-9-20)17-26-12-14-27(15-13-26)23-4-2-3-11-24-23/h2-11,16,25H,12-15,17H2,1H3. The number of nitro benzene ring substituents is 1. The van der Waals surface area contributed by atoms with Gasteiger partial charge in [0.1, 0.15) is 5.82 Å². The second-order valence-corrected chi connectivity index (χ2v) is 9.61. The van der Waals surface area contributed by atoms with Crippen LogP contribution in [-0.2, 0) is 16.6 Å². The van der Waals surface area contributed by atoms with E-state index in [2.05, 4.69) is 19.5 Å². The van der Waals surface area contributed by atoms with Gasteiger partial charge in [-0.2, -0.15) is 0 Å². The van der Waals surface area contributed by atoms with E-state index in [9.17, 15) is 18.5 Å². The summed E-state index contributed by atoms with van der Waals surface area (Å²) >= 11 is 0. The van der Waals surface area contributed by atoms with E-state index in [1.54, 1.807) is 25.3 Å². The molecule has 33 heavy (non-hydrogen) atoms. The van der Waals surface area contributed by atoms with Crippen molar-refractivity contribution in [1.82, 2.24) is 9.88 Å². The number of rotatable bonds is 7. The van der Waals surface area contributed by atoms with Crippen molar-refractivity contribution in [2.45, 2.75) is 18.4 Å². The van der Waals surface area contributed by atoms with Gasteiger partial charge in [0.2, 0.25) is 0 Å². The van der Waals surface area contributed by atoms with Crippen LogP contribution in [0.5, 0.6) is 0 Å². The Morgan fingerprint density at radius 1 is 1.03 bits per heavy atom. The summed E-state index contributed by atoms with van der Waals surface area (Å²) in [7, 11) is -3.95. The van der Waals surface area contributed by atoms with Crippen molar-refractivity contribution in [2.75, 3.05) is 35.8 Å². The predicted molar refractivity (Wildman–Crippen MR) is 127 cm³/mol. The van der Waals surface area contributed by atoms with Crippen molar-refractivity contribution in [1.29, 1.82) is 0 Å². The minimum atomic E-state index is -3.95. The van der Waals surface area contributed by atoms with E-state index in [1.807, 2.05) is 30.3 Å². The number of hydrogen-bond acceptors (Lipinski definition) is 7. The molecule has 2 heterocycles. The molecule has 0 unspecified atom stereocenters. The molecule has 0 saturated carbocycles. The lowest BCUT2D eigenvalue weighted by Gasteiger charge is -2.35. The smallest absolute Gasteiger partial charge is 0.270 e. The van der Waals surface area contributed by atoms with Crippen molar-refractivity contribution in [3.8, 4) is 0 Å². The lowest BCUT2D eigenvalue weighted by atomic mass is 10.2. The van der Waals surface area contributed by atoms with Gasteiger partial charge in [0.15, 0.2) is 0 Å². The molecule has 0 atom stereocenters. The number of anilines is 2. The quantitative estimate of drug-likeness (QED) is 0.419. The van der Waals surface area contributed by atoms with Crippen LogP contribution in [0, 0.1) is 17.0 Å². The van der Waals surface area contributed by atoms with Crippen molar-refractivity contribution in [3.63, 3.8) is 0 Å². The first-order valence-corrected chi connectivity index (χ1v) is 12.1. The second-order valence-electron chi connectivity index (χ2n) is 7.96. The third-order valence-electron chi connectivity index (χ3n) is 5.63. The number of pyridine rings is 1. The molecule has 2 aromatic carbocycles. The summed E-state index contributed by atoms with van der Waals surface area (Å²) < 4.78 is 28.1. The highest BCUT2D eigenvalue weighted by molar-refractivity contribution is 7.92. The zero-order valence-electron chi connectivity index (χ0n) is 18.2. The summed E-state index contributed by atoms with van der Waals surface area (Å²) in [5.41, 5.74) is 1.66. The Hall–Kier alpha value is -3.50. The summed E-state index contributed by atoms with van der Waals surface area (Å²) in [5.74, 6) is 0.993. The third kappa shape index (κ3) is 5.47. The van der Waals surface area contributed by atoms with Gasteiger partial charge in [-0.15, -0.1) is 0 Å². The Bertz CT molecular complexity index is 1230. The Morgan fingerprint density at radius 3 is 2.39 bits per heavy atom. The van der Waals surface area contributed by atoms with Crippen LogP contribution < -0.4 is 9.62 Å². The Morgan fingerprint density at radius 2 is 1.76 bits per heavy atom. The number of nitrogens with zero attached hydrogens (tertiary/aromatic N) is 4. The molecule has 0 amide bonds. The molecule has 1 aliphatic heterocycles. The zero-order valence-corrected chi connectivity index (χ0v) is 19.0. The number of non-ortho nitro benzene ring substituents is 1. The number of nitrogens with one attached hydrogen (secondary N) is 1. The highest BCUT2D eigenvalue weighted by Crippen LogP contribution is 2.24. The van der Waals surface area contributed by atoms with Gasteiger partial charge in [0, 0.05) is 56.7 Å². The number of nitro groups is 1. The SMILES string of the molecule is Cc1ccc([N+](=O)[O-])cc1S(=O)(=O)Nc1ccc(CN2CCN(c3ccccn3)CC2)cc1. The summed E-state index contributed by atoms with van der Waals surface area (Å²) in [4.78, 5) is 19.3. The third-order valence-corrected chi connectivity index (χ3v) is 7.15. The van der Waals surface area contributed by atoms with Crippen LogP contribution in [0.25, 0.3) is 0 Å². The first-order valence-electron chi connectivity index (χ1n) is 10.6. The number of piperazine rings is 1. The number of aromatic nitrogens is 1. The van der Waals surface area contributed by atoms with Gasteiger partial charge in [-0.1, -0.05) is 24.3 Å². The number of aryl methyl sites for hydroxylation is 1. The van der Waals surface area contributed by atoms with Crippen molar-refractivity contribution in [3.05, 3.63) is 88.1 Å². The minimum Gasteiger partial charge on any atom is -0.354 e. The summed E-state index contributed by atoms with van der Waals surface area (Å²) in [6.07, 6.45) is 1.80. The van der Waals surface area contributed by atoms with E-state index in [0.29, 0.717) is 11.3 Å². The largest absolute Gasteiger partial charge is 0.354 e. The van der Waals surface area contributed by atoms with Crippen LogP contribution in [0.3, 0.4) is 0 Å². The molecule has 1 N–H and O–H groups in total. The van der Waals surface area contributed by atoms with E-state index in [-0.39, 0.29) is 10.6 Å². The fourth-order valence-electron chi connectivity index (χ4n) is 3.81. The summed E-state index contributed by atoms with van der Waals surface area (Å²) in [6.45, 7) is 6.00. The molecule has 1 fully saturated rings. The molecular formula is C23H25N5O4S. The molecule has 0 bridgehead atoms. The Labute approximate surface area is 192 Å². The van der Waals surface area contributed by atoms with E-state index >= 15 is 0 Å². The normalized spacial score (nSPS) is 14.8. The van der Waals surface area contributed by atoms with Gasteiger partial charge < -0.3 is 4.90 Å². The van der Waals surface area contributed by atoms with E-state index in [0.717, 1.165) is 50.2 Å². The lowest BCUT2D eigenvalue weighted by molar-refractivity contribution is -0.385. The molecule has 9 nitrogen and oxygen atoms in total. The number of benzene rings is 2. The molecule has 10 heteroatoms. The predicted octanol–water partition coefficient (Wildman–Crippen LogP) is 3.42. The zero-order chi connectivity index (χ0) is 23.4. The van der Waals surface area contributed by atoms with Crippen molar-refractivity contribution < 1.29 is 13.3 Å². The topological polar surface area (TPSA) is 109 Å². The van der Waals surface area contributed by atoms with E-state index in [4.69, 9.17) is 0 Å². The maximum atomic E-state index is 12.8. The Kier molecular flexibility index (Phi) is 6.57. The van der Waals surface area contributed by atoms with Crippen LogP contribution >= 0.6 is 0 Å². The molecule has 1 aromatic heterocycles. The fraction of sp³-hybridized carbons (Fsp3) is 0.261. The van der Waals surface area contributed by atoms with Crippen LogP contribution in [-0.4, -0.2) is 49.4 Å². The molecule has 0 radical (unpaired) electrons. The van der Waals surface area contributed by atoms with Gasteiger partial charge in [-0.25, -0.2) is 13.4 Å². The fourth-order valence-corrected chi connectivity index (χ4v) is 5.14. The molecule has 3 aromatic rings. The van der Waals surface area contributed by atoms with E-state index < -0.39 is 14.9 Å². The van der Waals surface area contributed by atoms with Crippen molar-refractivity contribution >= 4 is 27.2 Å². The maximum absolute atomic E-state index is 12.8. The molecule has 172 valence electrons. The van der Waals surface area contributed by atoms with Crippen molar-refractivity contribution in [2.24, 2.45) is 0 Å². The lowest BCUT2D eigenvalue weighted by Crippen LogP contribution is -2.46. The van der Waals surface area contributed by atoms with Crippen LogP contribution in [0.2, 0.25) is 0 Å². The highest BCUT2D eigenvalue weighted by atomic mass is 32.2. The number of hydrogen-bond donors (Lipinski definition) is 1. The highest BCUT2D eigenvalue weighted by Gasteiger charge is 2.21. The minimum absolute atomic E-state index is 0.105. The van der Waals surface area contributed by atoms with Gasteiger partial charge in [-0.05, 0) is 42.3 Å². The van der Waals surface area contributed by atoms with Gasteiger partial charge in [0.05, 0.1) is 9.82 Å². The molecule has 0 spiro atoms. The van der Waals surface area contributed by atoms with Crippen LogP contribution in [0.1, 0.15) is 11.1 Å².